The van der Waals surface area contributed by atoms with E-state index >= 15 is 0 Å². The second-order valence-electron chi connectivity index (χ2n) is 5.49. The molecule has 3 heteroatoms. The van der Waals surface area contributed by atoms with Crippen LogP contribution in [0.1, 0.15) is 26.3 Å². The number of phenols is 1. The van der Waals surface area contributed by atoms with Crippen LogP contribution in [-0.2, 0) is 5.41 Å². The van der Waals surface area contributed by atoms with E-state index in [0.29, 0.717) is 5.02 Å². The van der Waals surface area contributed by atoms with Crippen molar-refractivity contribution in [3.8, 4) is 5.75 Å². The summed E-state index contributed by atoms with van der Waals surface area (Å²) in [6.45, 7) is 6.58. The van der Waals surface area contributed by atoms with Crippen molar-refractivity contribution in [1.82, 2.24) is 0 Å². The van der Waals surface area contributed by atoms with Crippen molar-refractivity contribution < 1.29 is 5.11 Å². The first-order valence-electron chi connectivity index (χ1n) is 6.13. The first-order chi connectivity index (χ1) is 8.86. The van der Waals surface area contributed by atoms with Gasteiger partial charge in [0.2, 0.25) is 0 Å². The van der Waals surface area contributed by atoms with E-state index in [1.165, 1.54) is 17.3 Å². The third kappa shape index (κ3) is 3.68. The summed E-state index contributed by atoms with van der Waals surface area (Å²) in [5, 5.41) is 10.4. The minimum Gasteiger partial charge on any atom is -0.507 e. The highest BCUT2D eigenvalue weighted by molar-refractivity contribution is 7.99. The number of aromatic hydroxyl groups is 1. The molecule has 0 fully saturated rings. The van der Waals surface area contributed by atoms with E-state index < -0.39 is 0 Å². The van der Waals surface area contributed by atoms with Crippen LogP contribution in [0.3, 0.4) is 0 Å². The number of rotatable bonds is 2. The van der Waals surface area contributed by atoms with Crippen molar-refractivity contribution in [2.24, 2.45) is 0 Å². The predicted octanol–water partition coefficient (Wildman–Crippen LogP) is 5.49. The Morgan fingerprint density at radius 2 is 1.63 bits per heavy atom. The zero-order chi connectivity index (χ0) is 14.0. The van der Waals surface area contributed by atoms with Gasteiger partial charge in [-0.15, -0.1) is 0 Å². The third-order valence-corrected chi connectivity index (χ3v) is 4.18. The molecule has 0 radical (unpaired) electrons. The molecule has 0 unspecified atom stereocenters. The van der Waals surface area contributed by atoms with Crippen LogP contribution in [0.25, 0.3) is 0 Å². The summed E-state index contributed by atoms with van der Waals surface area (Å²) in [5.74, 6) is 0.220. The molecule has 1 nitrogen and oxygen atoms in total. The van der Waals surface area contributed by atoms with Gasteiger partial charge in [0.25, 0.3) is 0 Å². The Bertz CT molecular complexity index is 570. The highest BCUT2D eigenvalue weighted by Gasteiger charge is 2.13. The number of benzene rings is 2. The maximum atomic E-state index is 9.83. The number of phenolic OH excluding ortho intramolecular Hbond substituents is 1. The molecule has 0 amide bonds. The molecule has 2 aromatic rings. The molecule has 2 aromatic carbocycles. The van der Waals surface area contributed by atoms with Crippen LogP contribution in [-0.4, -0.2) is 5.11 Å². The Morgan fingerprint density at radius 1 is 1.00 bits per heavy atom. The fraction of sp³-hybridized carbons (Fsp3) is 0.250. The second kappa shape index (κ2) is 5.48. The summed E-state index contributed by atoms with van der Waals surface area (Å²) < 4.78 is 0. The van der Waals surface area contributed by atoms with Crippen LogP contribution in [0, 0.1) is 0 Å². The zero-order valence-corrected chi connectivity index (χ0v) is 12.8. The van der Waals surface area contributed by atoms with Gasteiger partial charge in [-0.25, -0.2) is 0 Å². The summed E-state index contributed by atoms with van der Waals surface area (Å²) in [6.07, 6.45) is 0. The van der Waals surface area contributed by atoms with Gasteiger partial charge in [-0.3, -0.25) is 0 Å². The first-order valence-corrected chi connectivity index (χ1v) is 7.32. The van der Waals surface area contributed by atoms with E-state index in [9.17, 15) is 5.11 Å². The van der Waals surface area contributed by atoms with Gasteiger partial charge < -0.3 is 5.11 Å². The first kappa shape index (κ1) is 14.3. The molecular weight excluding hydrogens is 276 g/mol. The Labute approximate surface area is 123 Å². The zero-order valence-electron chi connectivity index (χ0n) is 11.3. The molecule has 0 aliphatic heterocycles. The highest BCUT2D eigenvalue weighted by Crippen LogP contribution is 2.36. The van der Waals surface area contributed by atoms with Crippen molar-refractivity contribution in [2.45, 2.75) is 36.0 Å². The molecule has 0 heterocycles. The molecule has 100 valence electrons. The normalized spacial score (nSPS) is 11.6. The lowest BCUT2D eigenvalue weighted by Gasteiger charge is -2.19. The van der Waals surface area contributed by atoms with E-state index in [1.54, 1.807) is 12.1 Å². The van der Waals surface area contributed by atoms with Gasteiger partial charge in [-0.1, -0.05) is 56.3 Å². The second-order valence-corrected chi connectivity index (χ2v) is 7.04. The van der Waals surface area contributed by atoms with Crippen molar-refractivity contribution >= 4 is 23.4 Å². The standard InChI is InChI=1S/C16H17ClOS/c1-16(2,3)11-4-7-13(8-5-11)19-15-9-6-12(17)10-14(15)18/h4-10,18H,1-3H3. The van der Waals surface area contributed by atoms with E-state index in [0.717, 1.165) is 9.79 Å². The monoisotopic (exact) mass is 292 g/mol. The Kier molecular flexibility index (Phi) is 4.12. The Hall–Kier alpha value is -1.12. The topological polar surface area (TPSA) is 20.2 Å². The summed E-state index contributed by atoms with van der Waals surface area (Å²) in [6, 6.07) is 13.6. The Morgan fingerprint density at radius 3 is 2.16 bits per heavy atom. The SMILES string of the molecule is CC(C)(C)c1ccc(Sc2ccc(Cl)cc2O)cc1. The summed E-state index contributed by atoms with van der Waals surface area (Å²) in [5.41, 5.74) is 1.46. The lowest BCUT2D eigenvalue weighted by molar-refractivity contribution is 0.462. The van der Waals surface area contributed by atoms with Crippen molar-refractivity contribution in [1.29, 1.82) is 0 Å². The fourth-order valence-corrected chi connectivity index (χ4v) is 2.72. The summed E-state index contributed by atoms with van der Waals surface area (Å²) >= 11 is 7.36. The van der Waals surface area contributed by atoms with Gasteiger partial charge in [0.05, 0.1) is 4.90 Å². The molecule has 19 heavy (non-hydrogen) atoms. The van der Waals surface area contributed by atoms with Crippen LogP contribution >= 0.6 is 23.4 Å². The minimum absolute atomic E-state index is 0.158. The van der Waals surface area contributed by atoms with Crippen LogP contribution in [0.5, 0.6) is 5.75 Å². The third-order valence-electron chi connectivity index (χ3n) is 2.87. The lowest BCUT2D eigenvalue weighted by Crippen LogP contribution is -2.10. The van der Waals surface area contributed by atoms with Gasteiger partial charge in [-0.05, 0) is 41.3 Å². The maximum Gasteiger partial charge on any atom is 0.130 e. The molecule has 0 aromatic heterocycles. The molecule has 0 atom stereocenters. The predicted molar refractivity (Wildman–Crippen MR) is 82.4 cm³/mol. The maximum absolute atomic E-state index is 9.83. The molecule has 0 aliphatic rings. The molecule has 2 rings (SSSR count). The highest BCUT2D eigenvalue weighted by atomic mass is 35.5. The Balaban J connectivity index is 2.20. The average molecular weight is 293 g/mol. The minimum atomic E-state index is 0.158. The largest absolute Gasteiger partial charge is 0.507 e. The summed E-state index contributed by atoms with van der Waals surface area (Å²) in [7, 11) is 0. The molecule has 0 bridgehead atoms. The van der Waals surface area contributed by atoms with E-state index in [2.05, 4.69) is 45.0 Å². The van der Waals surface area contributed by atoms with Crippen LogP contribution < -0.4 is 0 Å². The summed E-state index contributed by atoms with van der Waals surface area (Å²) in [4.78, 5) is 1.92. The molecular formula is C16H17ClOS. The molecule has 1 N–H and O–H groups in total. The molecule has 0 spiro atoms. The number of halogens is 1. The van der Waals surface area contributed by atoms with E-state index in [4.69, 9.17) is 11.6 Å². The van der Waals surface area contributed by atoms with Gasteiger partial charge in [0.1, 0.15) is 5.75 Å². The lowest BCUT2D eigenvalue weighted by atomic mass is 9.87. The quantitative estimate of drug-likeness (QED) is 0.789. The van der Waals surface area contributed by atoms with Crippen LogP contribution in [0.15, 0.2) is 52.3 Å². The van der Waals surface area contributed by atoms with Crippen LogP contribution in [0.2, 0.25) is 5.02 Å². The van der Waals surface area contributed by atoms with Crippen molar-refractivity contribution in [2.75, 3.05) is 0 Å². The van der Waals surface area contributed by atoms with Gasteiger partial charge in [0, 0.05) is 9.92 Å². The van der Waals surface area contributed by atoms with Crippen molar-refractivity contribution in [3.63, 3.8) is 0 Å². The van der Waals surface area contributed by atoms with Gasteiger partial charge >= 0.3 is 0 Å². The molecule has 0 saturated heterocycles. The van der Waals surface area contributed by atoms with E-state index in [-0.39, 0.29) is 11.2 Å². The van der Waals surface area contributed by atoms with Gasteiger partial charge in [-0.2, -0.15) is 0 Å². The fourth-order valence-electron chi connectivity index (χ4n) is 1.73. The number of hydrogen-bond donors (Lipinski definition) is 1. The van der Waals surface area contributed by atoms with E-state index in [1.807, 2.05) is 6.07 Å². The van der Waals surface area contributed by atoms with Crippen LogP contribution in [0.4, 0.5) is 0 Å². The molecule has 0 saturated carbocycles. The average Bonchev–Trinajstić information content (AvgIpc) is 2.32. The smallest absolute Gasteiger partial charge is 0.130 e. The molecule has 0 aliphatic carbocycles. The van der Waals surface area contributed by atoms with Crippen molar-refractivity contribution in [3.05, 3.63) is 53.1 Å². The number of hydrogen-bond acceptors (Lipinski definition) is 2. The van der Waals surface area contributed by atoms with Gasteiger partial charge in [0.15, 0.2) is 0 Å².